The van der Waals surface area contributed by atoms with Crippen molar-refractivity contribution in [1.82, 2.24) is 5.32 Å². The number of β-lactam (4-membered cyclic amide) rings is 1. The van der Waals surface area contributed by atoms with Crippen molar-refractivity contribution in [2.75, 3.05) is 5.75 Å². The van der Waals surface area contributed by atoms with Crippen molar-refractivity contribution in [3.8, 4) is 0 Å². The van der Waals surface area contributed by atoms with E-state index in [-0.39, 0.29) is 11.3 Å². The molecular formula is C6H9NOS3. The zero-order valence-corrected chi connectivity index (χ0v) is 8.57. The molecule has 1 aliphatic rings. The van der Waals surface area contributed by atoms with Gasteiger partial charge in [-0.2, -0.15) is 0 Å². The standard InChI is InChI=1S/C6H9NOS3/c1-2-10-6(9)11-5-3-4(8)7-5/h5H,2-3H2,1H3,(H,7,8)/t5-/m0/s1. The Morgan fingerprint density at radius 1 is 1.91 bits per heavy atom. The molecule has 0 aromatic rings. The van der Waals surface area contributed by atoms with E-state index >= 15 is 0 Å². The monoisotopic (exact) mass is 207 g/mol. The molecule has 62 valence electrons. The number of carbonyl (C=O) groups excluding carboxylic acids is 1. The van der Waals surface area contributed by atoms with Crippen molar-refractivity contribution in [2.24, 2.45) is 0 Å². The normalized spacial score (nSPS) is 22.3. The van der Waals surface area contributed by atoms with Gasteiger partial charge in [-0.3, -0.25) is 4.79 Å². The maximum Gasteiger partial charge on any atom is 0.223 e. The first kappa shape index (κ1) is 9.35. The van der Waals surface area contributed by atoms with E-state index in [1.165, 1.54) is 0 Å². The van der Waals surface area contributed by atoms with Gasteiger partial charge in [0.2, 0.25) is 5.91 Å². The van der Waals surface area contributed by atoms with Crippen LogP contribution in [-0.2, 0) is 4.79 Å². The van der Waals surface area contributed by atoms with Crippen LogP contribution in [0.1, 0.15) is 13.3 Å². The van der Waals surface area contributed by atoms with E-state index < -0.39 is 0 Å². The summed E-state index contributed by atoms with van der Waals surface area (Å²) >= 11 is 8.27. The van der Waals surface area contributed by atoms with Gasteiger partial charge in [-0.05, 0) is 5.75 Å². The first-order valence-electron chi connectivity index (χ1n) is 3.35. The average molecular weight is 207 g/mol. The van der Waals surface area contributed by atoms with E-state index in [2.05, 4.69) is 12.2 Å². The fraction of sp³-hybridized carbons (Fsp3) is 0.667. The molecule has 1 N–H and O–H groups in total. The summed E-state index contributed by atoms with van der Waals surface area (Å²) in [5.41, 5.74) is 0. The predicted octanol–water partition coefficient (Wildman–Crippen LogP) is 1.60. The lowest BCUT2D eigenvalue weighted by molar-refractivity contribution is -0.126. The molecule has 0 spiro atoms. The third kappa shape index (κ3) is 3.01. The van der Waals surface area contributed by atoms with Crippen LogP contribution in [0.15, 0.2) is 0 Å². The summed E-state index contributed by atoms with van der Waals surface area (Å²) in [7, 11) is 0. The van der Waals surface area contributed by atoms with Crippen LogP contribution in [0.5, 0.6) is 0 Å². The van der Waals surface area contributed by atoms with E-state index in [1.807, 2.05) is 0 Å². The molecule has 1 heterocycles. The Balaban J connectivity index is 2.11. The fourth-order valence-corrected chi connectivity index (χ4v) is 3.24. The van der Waals surface area contributed by atoms with E-state index in [4.69, 9.17) is 12.2 Å². The van der Waals surface area contributed by atoms with E-state index in [0.717, 1.165) is 9.28 Å². The summed E-state index contributed by atoms with van der Waals surface area (Å²) in [6.45, 7) is 2.07. The van der Waals surface area contributed by atoms with Gasteiger partial charge in [0.25, 0.3) is 0 Å². The van der Waals surface area contributed by atoms with Crippen molar-refractivity contribution in [3.63, 3.8) is 0 Å². The number of carbonyl (C=O) groups is 1. The third-order valence-electron chi connectivity index (χ3n) is 1.19. The molecule has 1 fully saturated rings. The molecule has 5 heteroatoms. The summed E-state index contributed by atoms with van der Waals surface area (Å²) in [6.07, 6.45) is 0.620. The number of hydrogen-bond acceptors (Lipinski definition) is 4. The van der Waals surface area contributed by atoms with Crippen LogP contribution >= 0.6 is 35.7 Å². The van der Waals surface area contributed by atoms with E-state index in [0.29, 0.717) is 6.42 Å². The zero-order chi connectivity index (χ0) is 8.27. The van der Waals surface area contributed by atoms with Crippen LogP contribution in [0.25, 0.3) is 0 Å². The van der Waals surface area contributed by atoms with Crippen molar-refractivity contribution in [1.29, 1.82) is 0 Å². The summed E-state index contributed by atoms with van der Waals surface area (Å²) in [4.78, 5) is 10.5. The SMILES string of the molecule is CCSC(=S)S[C@H]1CC(=O)N1. The highest BCUT2D eigenvalue weighted by atomic mass is 32.2. The Labute approximate surface area is 79.9 Å². The Morgan fingerprint density at radius 2 is 2.55 bits per heavy atom. The maximum absolute atomic E-state index is 10.5. The molecule has 0 aromatic heterocycles. The highest BCUT2D eigenvalue weighted by Gasteiger charge is 2.26. The molecular weight excluding hydrogens is 198 g/mol. The van der Waals surface area contributed by atoms with Gasteiger partial charge in [0.15, 0.2) is 0 Å². The van der Waals surface area contributed by atoms with Crippen LogP contribution in [0.3, 0.4) is 0 Å². The molecule has 0 bridgehead atoms. The predicted molar refractivity (Wildman–Crippen MR) is 54.9 cm³/mol. The number of amides is 1. The van der Waals surface area contributed by atoms with Gasteiger partial charge in [-0.15, -0.1) is 11.8 Å². The van der Waals surface area contributed by atoms with Gasteiger partial charge >= 0.3 is 0 Å². The van der Waals surface area contributed by atoms with Crippen LogP contribution < -0.4 is 5.32 Å². The van der Waals surface area contributed by atoms with Crippen LogP contribution in [0, 0.1) is 0 Å². The summed E-state index contributed by atoms with van der Waals surface area (Å²) in [5, 5.41) is 3.00. The minimum atomic E-state index is 0.131. The lowest BCUT2D eigenvalue weighted by Crippen LogP contribution is -2.46. The van der Waals surface area contributed by atoms with Crippen LogP contribution in [0.2, 0.25) is 0 Å². The quantitative estimate of drug-likeness (QED) is 0.550. The lowest BCUT2D eigenvalue weighted by atomic mass is 10.3. The largest absolute Gasteiger partial charge is 0.343 e. The third-order valence-corrected chi connectivity index (χ3v) is 3.76. The number of rotatable bonds is 2. The molecule has 0 aromatic carbocycles. The van der Waals surface area contributed by atoms with Gasteiger partial charge in [0, 0.05) is 0 Å². The summed E-state index contributed by atoms with van der Waals surface area (Å²) in [5.74, 6) is 1.14. The van der Waals surface area contributed by atoms with Crippen molar-refractivity contribution in [3.05, 3.63) is 0 Å². The summed E-state index contributed by atoms with van der Waals surface area (Å²) in [6, 6.07) is 0. The van der Waals surface area contributed by atoms with E-state index in [9.17, 15) is 4.79 Å². The molecule has 1 rings (SSSR count). The van der Waals surface area contributed by atoms with Crippen LogP contribution in [0.4, 0.5) is 0 Å². The number of thiocarbonyl (C=S) groups is 1. The van der Waals surface area contributed by atoms with Crippen LogP contribution in [-0.4, -0.2) is 20.6 Å². The second-order valence-electron chi connectivity index (χ2n) is 2.06. The molecule has 1 atom stereocenters. The zero-order valence-electron chi connectivity index (χ0n) is 6.12. The van der Waals surface area contributed by atoms with E-state index in [1.54, 1.807) is 23.5 Å². The minimum absolute atomic E-state index is 0.131. The van der Waals surface area contributed by atoms with Gasteiger partial charge in [0.1, 0.15) is 3.53 Å². The minimum Gasteiger partial charge on any atom is -0.343 e. The molecule has 1 saturated heterocycles. The Bertz CT molecular complexity index is 175. The fourth-order valence-electron chi connectivity index (χ4n) is 0.666. The number of hydrogen-bond donors (Lipinski definition) is 1. The van der Waals surface area contributed by atoms with Gasteiger partial charge in [-0.1, -0.05) is 30.9 Å². The molecule has 0 aliphatic carbocycles. The highest BCUT2D eigenvalue weighted by molar-refractivity contribution is 8.47. The van der Waals surface area contributed by atoms with Gasteiger partial charge < -0.3 is 5.32 Å². The number of nitrogens with one attached hydrogen (secondary N) is 1. The maximum atomic E-state index is 10.5. The first-order valence-corrected chi connectivity index (χ1v) is 5.62. The van der Waals surface area contributed by atoms with Gasteiger partial charge in [0.05, 0.1) is 11.8 Å². The van der Waals surface area contributed by atoms with Crippen molar-refractivity contribution < 1.29 is 4.79 Å². The average Bonchev–Trinajstić information content (AvgIpc) is 1.85. The molecule has 1 aliphatic heterocycles. The Morgan fingerprint density at radius 3 is 3.00 bits per heavy atom. The Hall–Kier alpha value is 0.260. The second kappa shape index (κ2) is 4.33. The van der Waals surface area contributed by atoms with Gasteiger partial charge in [-0.25, -0.2) is 0 Å². The smallest absolute Gasteiger partial charge is 0.223 e. The first-order chi connectivity index (χ1) is 5.22. The second-order valence-corrected chi connectivity index (χ2v) is 5.73. The highest BCUT2D eigenvalue weighted by Crippen LogP contribution is 2.25. The van der Waals surface area contributed by atoms with Crippen molar-refractivity contribution in [2.45, 2.75) is 18.7 Å². The number of thioether (sulfide) groups is 2. The summed E-state index contributed by atoms with van der Waals surface area (Å²) < 4.78 is 0.928. The topological polar surface area (TPSA) is 29.1 Å². The molecule has 0 unspecified atom stereocenters. The molecule has 1 amide bonds. The molecule has 11 heavy (non-hydrogen) atoms. The Kier molecular flexibility index (Phi) is 3.68. The van der Waals surface area contributed by atoms with Crippen molar-refractivity contribution >= 4 is 45.2 Å². The lowest BCUT2D eigenvalue weighted by Gasteiger charge is -2.25. The molecule has 0 saturated carbocycles. The molecule has 0 radical (unpaired) electrons. The molecule has 2 nitrogen and oxygen atoms in total.